The third-order valence-electron chi connectivity index (χ3n) is 2.95. The molecule has 0 bridgehead atoms. The average molecular weight is 283 g/mol. The van der Waals surface area contributed by atoms with Crippen LogP contribution in [0.3, 0.4) is 0 Å². The van der Waals surface area contributed by atoms with Crippen molar-refractivity contribution < 1.29 is 23.9 Å². The van der Waals surface area contributed by atoms with Crippen molar-refractivity contribution in [1.82, 2.24) is 0 Å². The van der Waals surface area contributed by atoms with E-state index in [0.717, 1.165) is 0 Å². The largest absolute Gasteiger partial charge is 0.394 e. The van der Waals surface area contributed by atoms with Gasteiger partial charge in [0.1, 0.15) is 5.92 Å². The molecule has 0 heterocycles. The number of methoxy groups -OCH3 is 2. The zero-order chi connectivity index (χ0) is 15.3. The molecule has 0 aromatic heterocycles. The predicted octanol–water partition coefficient (Wildman–Crippen LogP) is 1.44. The van der Waals surface area contributed by atoms with Gasteiger partial charge in [-0.3, -0.25) is 10.1 Å². The summed E-state index contributed by atoms with van der Waals surface area (Å²) in [7, 11) is 2.72. The number of carbonyl (C=O) groups excluding carboxylic acids is 1. The molecule has 2 unspecified atom stereocenters. The number of hydrogen-bond donors (Lipinski definition) is 0. The maximum atomic E-state index is 11.5. The number of nitrogens with zero attached hydrogens (tertiary/aromatic N) is 1. The Morgan fingerprint density at radius 3 is 2.45 bits per heavy atom. The van der Waals surface area contributed by atoms with E-state index in [4.69, 9.17) is 14.2 Å². The summed E-state index contributed by atoms with van der Waals surface area (Å²) in [5, 5.41) is 11.2. The van der Waals surface area contributed by atoms with Crippen molar-refractivity contribution in [2.24, 2.45) is 5.92 Å². The van der Waals surface area contributed by atoms with Crippen LogP contribution in [0.15, 0.2) is 36.5 Å². The maximum absolute atomic E-state index is 11.5. The van der Waals surface area contributed by atoms with Crippen molar-refractivity contribution >= 4 is 5.97 Å². The summed E-state index contributed by atoms with van der Waals surface area (Å²) >= 11 is 0. The molecule has 0 aliphatic heterocycles. The molecule has 0 aromatic rings. The summed E-state index contributed by atoms with van der Waals surface area (Å²) in [4.78, 5) is 22.1. The van der Waals surface area contributed by atoms with Gasteiger partial charge < -0.3 is 14.2 Å². The first-order valence-corrected chi connectivity index (χ1v) is 5.84. The van der Waals surface area contributed by atoms with Gasteiger partial charge in [0.25, 0.3) is 0 Å². The van der Waals surface area contributed by atoms with Gasteiger partial charge >= 0.3 is 12.2 Å². The van der Waals surface area contributed by atoms with Crippen LogP contribution in [0.1, 0.15) is 6.92 Å². The summed E-state index contributed by atoms with van der Waals surface area (Å²) in [6.07, 6.45) is 4.64. The Labute approximate surface area is 116 Å². The lowest BCUT2D eigenvalue weighted by Crippen LogP contribution is -2.50. The number of carbonyl (C=O) groups is 1. The first-order valence-electron chi connectivity index (χ1n) is 5.84. The van der Waals surface area contributed by atoms with Crippen LogP contribution in [-0.2, 0) is 19.0 Å². The minimum absolute atomic E-state index is 0.0765. The second kappa shape index (κ2) is 6.44. The van der Waals surface area contributed by atoms with E-state index in [2.05, 4.69) is 6.58 Å². The van der Waals surface area contributed by atoms with Crippen LogP contribution >= 0.6 is 0 Å². The van der Waals surface area contributed by atoms with Gasteiger partial charge in [-0.1, -0.05) is 24.8 Å². The first kappa shape index (κ1) is 16.1. The molecule has 20 heavy (non-hydrogen) atoms. The van der Waals surface area contributed by atoms with E-state index in [1.807, 2.05) is 0 Å². The molecule has 110 valence electrons. The number of nitro groups is 1. The summed E-state index contributed by atoms with van der Waals surface area (Å²) < 4.78 is 15.4. The Morgan fingerprint density at radius 1 is 1.40 bits per heavy atom. The van der Waals surface area contributed by atoms with Gasteiger partial charge in [-0.15, -0.1) is 0 Å². The number of esters is 1. The third kappa shape index (κ3) is 3.12. The fraction of sp³-hybridized carbons (Fsp3) is 0.462. The predicted molar refractivity (Wildman–Crippen MR) is 70.2 cm³/mol. The number of rotatable bonds is 6. The van der Waals surface area contributed by atoms with Crippen molar-refractivity contribution in [3.05, 3.63) is 46.6 Å². The Morgan fingerprint density at radius 2 is 2.00 bits per heavy atom. The number of ether oxygens (including phenoxy) is 3. The Hall–Kier alpha value is -1.99. The van der Waals surface area contributed by atoms with Gasteiger partial charge in [0, 0.05) is 19.8 Å². The summed E-state index contributed by atoms with van der Waals surface area (Å²) in [6.45, 7) is 4.81. The van der Waals surface area contributed by atoms with Crippen LogP contribution in [-0.4, -0.2) is 37.1 Å². The average Bonchev–Trinajstić information content (AvgIpc) is 2.43. The van der Waals surface area contributed by atoms with E-state index in [-0.39, 0.29) is 5.57 Å². The van der Waals surface area contributed by atoms with Crippen LogP contribution < -0.4 is 0 Å². The van der Waals surface area contributed by atoms with Crippen LogP contribution in [0.2, 0.25) is 0 Å². The third-order valence-corrected chi connectivity index (χ3v) is 2.95. The van der Waals surface area contributed by atoms with Crippen LogP contribution in [0.4, 0.5) is 0 Å². The van der Waals surface area contributed by atoms with Crippen molar-refractivity contribution in [2.45, 2.75) is 18.9 Å². The normalized spacial score (nSPS) is 21.2. The lowest BCUT2D eigenvalue weighted by atomic mass is 9.91. The fourth-order valence-corrected chi connectivity index (χ4v) is 1.86. The van der Waals surface area contributed by atoms with E-state index in [1.165, 1.54) is 33.3 Å². The Bertz CT molecular complexity index is 463. The minimum Gasteiger partial charge on any atom is -0.394 e. The van der Waals surface area contributed by atoms with E-state index >= 15 is 0 Å². The highest BCUT2D eigenvalue weighted by Crippen LogP contribution is 2.33. The molecule has 7 nitrogen and oxygen atoms in total. The summed E-state index contributed by atoms with van der Waals surface area (Å²) in [5.41, 5.74) is 0.0765. The van der Waals surface area contributed by atoms with Crippen molar-refractivity contribution in [3.63, 3.8) is 0 Å². The second-order valence-corrected chi connectivity index (χ2v) is 4.26. The molecule has 0 N–H and O–H groups in total. The molecule has 0 saturated carbocycles. The van der Waals surface area contributed by atoms with Crippen molar-refractivity contribution in [2.75, 3.05) is 14.2 Å². The van der Waals surface area contributed by atoms with E-state index in [1.54, 1.807) is 12.2 Å². The summed E-state index contributed by atoms with van der Waals surface area (Å²) in [6, 6.07) is 0. The van der Waals surface area contributed by atoms with Gasteiger partial charge in [-0.05, 0) is 13.0 Å². The quantitative estimate of drug-likeness (QED) is 0.241. The molecule has 7 heteroatoms. The van der Waals surface area contributed by atoms with Gasteiger partial charge in [0.15, 0.2) is 0 Å². The summed E-state index contributed by atoms with van der Waals surface area (Å²) in [5.74, 6) is -3.11. The second-order valence-electron chi connectivity index (χ2n) is 4.26. The molecule has 0 radical (unpaired) electrons. The van der Waals surface area contributed by atoms with Crippen molar-refractivity contribution in [3.8, 4) is 0 Å². The zero-order valence-corrected chi connectivity index (χ0v) is 11.6. The van der Waals surface area contributed by atoms with Gasteiger partial charge in [-0.25, -0.2) is 4.79 Å². The highest BCUT2D eigenvalue weighted by molar-refractivity contribution is 5.87. The zero-order valence-electron chi connectivity index (χ0n) is 11.6. The van der Waals surface area contributed by atoms with Gasteiger partial charge in [-0.2, -0.15) is 0 Å². The first-order chi connectivity index (χ1) is 9.38. The fourth-order valence-electron chi connectivity index (χ4n) is 1.86. The van der Waals surface area contributed by atoms with Crippen LogP contribution in [0.25, 0.3) is 0 Å². The Kier molecular flexibility index (Phi) is 5.18. The van der Waals surface area contributed by atoms with Crippen LogP contribution in [0.5, 0.6) is 0 Å². The smallest absolute Gasteiger partial charge is 0.368 e. The molecule has 2 atom stereocenters. The molecule has 0 aromatic carbocycles. The molecule has 0 saturated heterocycles. The maximum Gasteiger partial charge on any atom is 0.368 e. The molecule has 1 rings (SSSR count). The van der Waals surface area contributed by atoms with Crippen LogP contribution in [0, 0.1) is 16.0 Å². The molecule has 0 amide bonds. The molecule has 1 aliphatic rings. The Balaban J connectivity index is 3.09. The number of allylic oxidation sites excluding steroid dienone is 2. The van der Waals surface area contributed by atoms with E-state index in [9.17, 15) is 14.9 Å². The molecule has 0 fully saturated rings. The molecule has 0 spiro atoms. The van der Waals surface area contributed by atoms with E-state index < -0.39 is 28.8 Å². The lowest BCUT2D eigenvalue weighted by Gasteiger charge is -2.35. The standard InChI is InChI=1S/C13H17NO6/c1-9(2)12(15)20-11(14(16)17)10-7-5-6-8-13(10,18-3)19-4/h5-8,10-11H,1H2,2-4H3. The molecule has 1 aliphatic carbocycles. The van der Waals surface area contributed by atoms with Crippen molar-refractivity contribution in [1.29, 1.82) is 0 Å². The highest BCUT2D eigenvalue weighted by atomic mass is 16.7. The SMILES string of the molecule is C=C(C)C(=O)OC(C1C=CC=CC1(OC)OC)[N+](=O)[O-]. The monoisotopic (exact) mass is 283 g/mol. The number of hydrogen-bond acceptors (Lipinski definition) is 6. The lowest BCUT2D eigenvalue weighted by molar-refractivity contribution is -0.583. The molecular formula is C13H17NO6. The minimum atomic E-state index is -1.64. The van der Waals surface area contributed by atoms with Gasteiger partial charge in [0.05, 0.1) is 4.92 Å². The van der Waals surface area contributed by atoms with Gasteiger partial charge in [0.2, 0.25) is 5.79 Å². The topological polar surface area (TPSA) is 87.9 Å². The highest BCUT2D eigenvalue weighted by Gasteiger charge is 2.49. The van der Waals surface area contributed by atoms with E-state index in [0.29, 0.717) is 0 Å². The molecular weight excluding hydrogens is 266 g/mol.